The molecule has 0 aromatic carbocycles. The number of hydrogen-bond acceptors (Lipinski definition) is 1. The van der Waals surface area contributed by atoms with E-state index in [0.717, 1.165) is 0 Å². The molecule has 0 aliphatic carbocycles. The van der Waals surface area contributed by atoms with Gasteiger partial charge in [-0.25, -0.2) is 0 Å². The van der Waals surface area contributed by atoms with Crippen molar-refractivity contribution in [1.29, 1.82) is 0 Å². The van der Waals surface area contributed by atoms with Gasteiger partial charge in [-0.1, -0.05) is 0 Å². The summed E-state index contributed by atoms with van der Waals surface area (Å²) in [7, 11) is 0. The Kier molecular flexibility index (Phi) is 9.20. The fourth-order valence-corrected chi connectivity index (χ4v) is 6.48. The Morgan fingerprint density at radius 1 is 0.923 bits per heavy atom. The summed E-state index contributed by atoms with van der Waals surface area (Å²) in [6.45, 7) is 2.28. The van der Waals surface area contributed by atoms with E-state index in [1.807, 2.05) is 0 Å². The summed E-state index contributed by atoms with van der Waals surface area (Å²) in [6, 6.07) is 0. The molecule has 0 aromatic heterocycles. The van der Waals surface area contributed by atoms with Crippen molar-refractivity contribution in [2.24, 2.45) is 0 Å². The SMILES string of the molecule is CCCCCSCC[CH2][Sn]([CH3])([CH3])[CH3]. The molecule has 0 spiro atoms. The maximum absolute atomic E-state index is 2.54. The van der Waals surface area contributed by atoms with Crippen LogP contribution in [0.4, 0.5) is 0 Å². The Morgan fingerprint density at radius 3 is 2.08 bits per heavy atom. The van der Waals surface area contributed by atoms with Gasteiger partial charge in [0.25, 0.3) is 0 Å². The van der Waals surface area contributed by atoms with Crippen molar-refractivity contribution < 1.29 is 0 Å². The first-order chi connectivity index (χ1) is 6.06. The van der Waals surface area contributed by atoms with Gasteiger partial charge >= 0.3 is 93.5 Å². The van der Waals surface area contributed by atoms with E-state index >= 15 is 0 Å². The molecule has 0 aliphatic rings. The predicted octanol–water partition coefficient (Wildman–Crippen LogP) is 4.64. The van der Waals surface area contributed by atoms with Gasteiger partial charge in [-0.2, -0.15) is 0 Å². The molecule has 0 unspecified atom stereocenters. The van der Waals surface area contributed by atoms with Crippen molar-refractivity contribution in [1.82, 2.24) is 0 Å². The molecule has 0 nitrogen and oxygen atoms in total. The molecule has 0 saturated carbocycles. The molecule has 0 amide bonds. The zero-order valence-corrected chi connectivity index (χ0v) is 13.5. The average molecular weight is 309 g/mol. The Bertz CT molecular complexity index is 107. The third-order valence-electron chi connectivity index (χ3n) is 2.11. The number of hydrogen-bond donors (Lipinski definition) is 0. The van der Waals surface area contributed by atoms with E-state index in [4.69, 9.17) is 0 Å². The fraction of sp³-hybridized carbons (Fsp3) is 1.00. The summed E-state index contributed by atoms with van der Waals surface area (Å²) in [5.41, 5.74) is 0. The van der Waals surface area contributed by atoms with Crippen LogP contribution < -0.4 is 0 Å². The standard InChI is InChI=1S/C8H17S.3CH3.Sn/c1-3-5-6-8-9-7-4-2;;;;/h2-8H2,1H3;3*1H3;. The van der Waals surface area contributed by atoms with E-state index in [1.165, 1.54) is 37.2 Å². The van der Waals surface area contributed by atoms with Crippen molar-refractivity contribution >= 4 is 30.1 Å². The maximum atomic E-state index is 2.54. The molecule has 0 fully saturated rings. The van der Waals surface area contributed by atoms with Crippen molar-refractivity contribution in [3.05, 3.63) is 0 Å². The monoisotopic (exact) mass is 310 g/mol. The van der Waals surface area contributed by atoms with E-state index < -0.39 is 18.4 Å². The first-order valence-electron chi connectivity index (χ1n) is 5.64. The molecule has 2 heteroatoms. The van der Waals surface area contributed by atoms with Crippen molar-refractivity contribution in [3.63, 3.8) is 0 Å². The summed E-state index contributed by atoms with van der Waals surface area (Å²) >= 11 is 0.767. The summed E-state index contributed by atoms with van der Waals surface area (Å²) < 4.78 is 1.58. The van der Waals surface area contributed by atoms with Crippen molar-refractivity contribution in [2.75, 3.05) is 11.5 Å². The third-order valence-corrected chi connectivity index (χ3v) is 8.55. The van der Waals surface area contributed by atoms with E-state index in [2.05, 4.69) is 33.5 Å². The second-order valence-electron chi connectivity index (χ2n) is 4.98. The molecule has 0 aromatic rings. The molecule has 0 aliphatic heterocycles. The van der Waals surface area contributed by atoms with Crippen LogP contribution in [0, 0.1) is 0 Å². The van der Waals surface area contributed by atoms with Crippen LogP contribution >= 0.6 is 11.8 Å². The van der Waals surface area contributed by atoms with Gasteiger partial charge in [0.05, 0.1) is 0 Å². The summed E-state index contributed by atoms with van der Waals surface area (Å²) in [4.78, 5) is 7.61. The first-order valence-corrected chi connectivity index (χ1v) is 17.4. The van der Waals surface area contributed by atoms with Crippen LogP contribution in [0.25, 0.3) is 0 Å². The zero-order valence-electron chi connectivity index (χ0n) is 9.86. The minimum atomic E-state index is -1.40. The van der Waals surface area contributed by atoms with Crippen molar-refractivity contribution in [3.8, 4) is 0 Å². The number of unbranched alkanes of at least 4 members (excludes halogenated alkanes) is 2. The van der Waals surface area contributed by atoms with Gasteiger partial charge in [0.15, 0.2) is 0 Å². The summed E-state index contributed by atoms with van der Waals surface area (Å²) in [5.74, 6) is 2.81. The quantitative estimate of drug-likeness (QED) is 0.465. The summed E-state index contributed by atoms with van der Waals surface area (Å²) in [5, 5.41) is 0. The number of thioether (sulfide) groups is 1. The second-order valence-corrected chi connectivity index (χ2v) is 22.3. The van der Waals surface area contributed by atoms with E-state index in [-0.39, 0.29) is 0 Å². The van der Waals surface area contributed by atoms with Gasteiger partial charge in [0.2, 0.25) is 0 Å². The Morgan fingerprint density at radius 2 is 1.54 bits per heavy atom. The molecule has 0 bridgehead atoms. The van der Waals surface area contributed by atoms with E-state index in [1.54, 1.807) is 4.44 Å². The molecule has 80 valence electrons. The van der Waals surface area contributed by atoms with Gasteiger partial charge in [-0.15, -0.1) is 0 Å². The van der Waals surface area contributed by atoms with Crippen molar-refractivity contribution in [2.45, 2.75) is 51.9 Å². The molecular formula is C11H26SSn. The van der Waals surface area contributed by atoms with E-state index in [0.29, 0.717) is 0 Å². The molecule has 0 heterocycles. The first kappa shape index (κ1) is 14.1. The second kappa shape index (κ2) is 8.46. The van der Waals surface area contributed by atoms with Crippen LogP contribution in [0.1, 0.15) is 32.6 Å². The Labute approximate surface area is 93.1 Å². The van der Waals surface area contributed by atoms with Crippen LogP contribution in [0.15, 0.2) is 0 Å². The minimum absolute atomic E-state index is 1.36. The third kappa shape index (κ3) is 13.1. The molecule has 0 atom stereocenters. The molecule has 0 saturated heterocycles. The normalized spacial score (nSPS) is 12.0. The van der Waals surface area contributed by atoms with Gasteiger partial charge in [0.1, 0.15) is 0 Å². The fourth-order valence-electron chi connectivity index (χ4n) is 1.26. The van der Waals surface area contributed by atoms with Gasteiger partial charge in [-0.05, 0) is 0 Å². The Hall–Kier alpha value is 1.15. The van der Waals surface area contributed by atoms with Crippen LogP contribution in [0.3, 0.4) is 0 Å². The van der Waals surface area contributed by atoms with Crippen LogP contribution in [-0.2, 0) is 0 Å². The molecule has 0 rings (SSSR count). The van der Waals surface area contributed by atoms with Gasteiger partial charge < -0.3 is 0 Å². The number of rotatable bonds is 8. The molecule has 13 heavy (non-hydrogen) atoms. The van der Waals surface area contributed by atoms with Gasteiger partial charge in [-0.3, -0.25) is 0 Å². The zero-order chi connectivity index (χ0) is 10.2. The average Bonchev–Trinajstić information content (AvgIpc) is 2.01. The van der Waals surface area contributed by atoms with Crippen LogP contribution in [0.5, 0.6) is 0 Å². The van der Waals surface area contributed by atoms with E-state index in [9.17, 15) is 0 Å². The van der Waals surface area contributed by atoms with Crippen LogP contribution in [0.2, 0.25) is 19.3 Å². The predicted molar refractivity (Wildman–Crippen MR) is 69.6 cm³/mol. The molecule has 0 radical (unpaired) electrons. The molecular weight excluding hydrogens is 283 g/mol. The Balaban J connectivity index is 3.00. The topological polar surface area (TPSA) is 0 Å². The van der Waals surface area contributed by atoms with Gasteiger partial charge in [0, 0.05) is 0 Å². The summed E-state index contributed by atoms with van der Waals surface area (Å²) in [6.07, 6.45) is 5.70. The van der Waals surface area contributed by atoms with Crippen LogP contribution in [-0.4, -0.2) is 29.9 Å². The molecule has 0 N–H and O–H groups in total.